The summed E-state index contributed by atoms with van der Waals surface area (Å²) in [6.07, 6.45) is 6.08. The van der Waals surface area contributed by atoms with Crippen molar-refractivity contribution in [1.82, 2.24) is 20.2 Å². The molecule has 3 N–H and O–H groups in total. The Bertz CT molecular complexity index is 1380. The molecule has 0 spiro atoms. The SMILES string of the molecule is O=C(O)c1ccc(-c2nn(-c3ccc(C(=O)O)cc3)cc2/C=N/NC(=O)c2ccncc2)cc1. The van der Waals surface area contributed by atoms with Gasteiger partial charge in [0.15, 0.2) is 0 Å². The van der Waals surface area contributed by atoms with Gasteiger partial charge in [-0.3, -0.25) is 9.78 Å². The molecule has 0 aliphatic carbocycles. The van der Waals surface area contributed by atoms with Crippen LogP contribution in [-0.4, -0.2) is 49.0 Å². The van der Waals surface area contributed by atoms with E-state index in [0.29, 0.717) is 28.1 Å². The van der Waals surface area contributed by atoms with Crippen molar-refractivity contribution >= 4 is 24.1 Å². The van der Waals surface area contributed by atoms with Gasteiger partial charge in [-0.05, 0) is 48.5 Å². The summed E-state index contributed by atoms with van der Waals surface area (Å²) < 4.78 is 1.54. The van der Waals surface area contributed by atoms with Gasteiger partial charge in [0.1, 0.15) is 5.69 Å². The van der Waals surface area contributed by atoms with Crippen molar-refractivity contribution in [3.05, 3.63) is 102 Å². The van der Waals surface area contributed by atoms with Gasteiger partial charge in [-0.15, -0.1) is 0 Å². The molecular formula is C24H17N5O5. The van der Waals surface area contributed by atoms with Crippen LogP contribution in [0.3, 0.4) is 0 Å². The Balaban J connectivity index is 1.67. The third-order valence-electron chi connectivity index (χ3n) is 4.84. The van der Waals surface area contributed by atoms with Crippen molar-refractivity contribution in [1.29, 1.82) is 0 Å². The van der Waals surface area contributed by atoms with Crippen molar-refractivity contribution in [2.45, 2.75) is 0 Å². The van der Waals surface area contributed by atoms with E-state index in [1.165, 1.54) is 47.6 Å². The minimum absolute atomic E-state index is 0.132. The molecule has 0 unspecified atom stereocenters. The number of carboxylic acids is 2. The third-order valence-corrected chi connectivity index (χ3v) is 4.84. The highest BCUT2D eigenvalue weighted by Gasteiger charge is 2.13. The lowest BCUT2D eigenvalue weighted by Gasteiger charge is -2.02. The van der Waals surface area contributed by atoms with Crippen LogP contribution < -0.4 is 5.43 Å². The maximum absolute atomic E-state index is 12.2. The van der Waals surface area contributed by atoms with Crippen molar-refractivity contribution in [2.75, 3.05) is 0 Å². The maximum Gasteiger partial charge on any atom is 0.335 e. The summed E-state index contributed by atoms with van der Waals surface area (Å²) >= 11 is 0. The molecule has 0 radical (unpaired) electrons. The van der Waals surface area contributed by atoms with E-state index in [9.17, 15) is 14.4 Å². The molecule has 168 valence electrons. The second-order valence-electron chi connectivity index (χ2n) is 7.05. The van der Waals surface area contributed by atoms with Gasteiger partial charge in [-0.25, -0.2) is 19.7 Å². The number of carbonyl (C=O) groups excluding carboxylic acids is 1. The monoisotopic (exact) mass is 455 g/mol. The number of carboxylic acid groups (broad SMARTS) is 2. The Morgan fingerprint density at radius 3 is 2.00 bits per heavy atom. The first-order chi connectivity index (χ1) is 16.4. The number of amides is 1. The number of nitrogens with zero attached hydrogens (tertiary/aromatic N) is 4. The van der Waals surface area contributed by atoms with Gasteiger partial charge in [0.2, 0.25) is 0 Å². The van der Waals surface area contributed by atoms with Crippen LogP contribution >= 0.6 is 0 Å². The summed E-state index contributed by atoms with van der Waals surface area (Å²) in [4.78, 5) is 38.4. The van der Waals surface area contributed by atoms with Crippen molar-refractivity contribution in [2.24, 2.45) is 5.10 Å². The zero-order valence-electron chi connectivity index (χ0n) is 17.5. The second kappa shape index (κ2) is 9.57. The van der Waals surface area contributed by atoms with Crippen LogP contribution in [0.2, 0.25) is 0 Å². The van der Waals surface area contributed by atoms with Crippen LogP contribution in [-0.2, 0) is 0 Å². The molecular weight excluding hydrogens is 438 g/mol. The topological polar surface area (TPSA) is 147 Å². The number of aromatic nitrogens is 3. The van der Waals surface area contributed by atoms with E-state index in [4.69, 9.17) is 10.2 Å². The van der Waals surface area contributed by atoms with E-state index in [1.54, 1.807) is 42.6 Å². The molecule has 4 rings (SSSR count). The predicted octanol–water partition coefficient (Wildman–Crippen LogP) is 3.09. The first-order valence-corrected chi connectivity index (χ1v) is 9.93. The highest BCUT2D eigenvalue weighted by atomic mass is 16.4. The fourth-order valence-corrected chi connectivity index (χ4v) is 3.09. The van der Waals surface area contributed by atoms with Gasteiger partial charge in [-0.2, -0.15) is 10.2 Å². The Morgan fingerprint density at radius 2 is 1.41 bits per heavy atom. The lowest BCUT2D eigenvalue weighted by molar-refractivity contribution is 0.0686. The van der Waals surface area contributed by atoms with E-state index < -0.39 is 17.8 Å². The number of carbonyl (C=O) groups is 3. The van der Waals surface area contributed by atoms with Gasteiger partial charge < -0.3 is 10.2 Å². The fourth-order valence-electron chi connectivity index (χ4n) is 3.09. The van der Waals surface area contributed by atoms with Crippen LogP contribution in [0.4, 0.5) is 0 Å². The summed E-state index contributed by atoms with van der Waals surface area (Å²) in [6.45, 7) is 0. The normalized spacial score (nSPS) is 10.8. The van der Waals surface area contributed by atoms with Crippen molar-refractivity contribution < 1.29 is 24.6 Å². The summed E-state index contributed by atoms with van der Waals surface area (Å²) in [5.74, 6) is -2.50. The number of rotatable bonds is 7. The van der Waals surface area contributed by atoms with Gasteiger partial charge in [0.25, 0.3) is 5.91 Å². The molecule has 2 aromatic heterocycles. The van der Waals surface area contributed by atoms with E-state index in [1.807, 2.05) is 0 Å². The molecule has 2 heterocycles. The van der Waals surface area contributed by atoms with E-state index in [-0.39, 0.29) is 11.1 Å². The molecule has 0 atom stereocenters. The standard InChI is InChI=1S/C24H17N5O5/c30-22(16-9-11-25-12-10-16)27-26-13-19-14-29(20-7-5-18(6-8-20)24(33)34)28-21(19)15-1-3-17(4-2-15)23(31)32/h1-14H,(H,27,30)(H,31,32)(H,33,34)/b26-13+. The number of hydrogen-bond acceptors (Lipinski definition) is 6. The smallest absolute Gasteiger partial charge is 0.335 e. The largest absolute Gasteiger partial charge is 0.478 e. The molecule has 1 amide bonds. The number of hydrazone groups is 1. The Labute approximate surface area is 192 Å². The lowest BCUT2D eigenvalue weighted by atomic mass is 10.1. The zero-order valence-corrected chi connectivity index (χ0v) is 17.5. The maximum atomic E-state index is 12.2. The van der Waals surface area contributed by atoms with E-state index >= 15 is 0 Å². The van der Waals surface area contributed by atoms with E-state index in [2.05, 4.69) is 20.6 Å². The molecule has 0 fully saturated rings. The molecule has 34 heavy (non-hydrogen) atoms. The van der Waals surface area contributed by atoms with Crippen molar-refractivity contribution in [3.63, 3.8) is 0 Å². The Hall–Kier alpha value is -5.12. The number of nitrogens with one attached hydrogen (secondary N) is 1. The van der Waals surface area contributed by atoms with Gasteiger partial charge in [-0.1, -0.05) is 12.1 Å². The molecule has 2 aromatic carbocycles. The summed E-state index contributed by atoms with van der Waals surface area (Å²) in [5.41, 5.74) is 5.37. The van der Waals surface area contributed by atoms with Crippen LogP contribution in [0.5, 0.6) is 0 Å². The minimum atomic E-state index is -1.05. The van der Waals surface area contributed by atoms with Gasteiger partial charge in [0.05, 0.1) is 23.0 Å². The Kier molecular flexibility index (Phi) is 6.22. The average Bonchev–Trinajstić information content (AvgIpc) is 3.28. The number of benzene rings is 2. The van der Waals surface area contributed by atoms with Crippen LogP contribution in [0, 0.1) is 0 Å². The average molecular weight is 455 g/mol. The molecule has 0 aliphatic heterocycles. The Morgan fingerprint density at radius 1 is 0.824 bits per heavy atom. The lowest BCUT2D eigenvalue weighted by Crippen LogP contribution is -2.17. The molecule has 0 aliphatic rings. The number of pyridine rings is 1. The molecule has 0 saturated carbocycles. The highest BCUT2D eigenvalue weighted by molar-refractivity contribution is 5.95. The number of hydrogen-bond donors (Lipinski definition) is 3. The molecule has 0 bridgehead atoms. The van der Waals surface area contributed by atoms with E-state index in [0.717, 1.165) is 0 Å². The molecule has 10 heteroatoms. The predicted molar refractivity (Wildman–Crippen MR) is 122 cm³/mol. The van der Waals surface area contributed by atoms with Crippen LogP contribution in [0.15, 0.2) is 84.4 Å². The fraction of sp³-hybridized carbons (Fsp3) is 0. The van der Waals surface area contributed by atoms with Crippen LogP contribution in [0.25, 0.3) is 16.9 Å². The molecule has 4 aromatic rings. The zero-order chi connectivity index (χ0) is 24.1. The highest BCUT2D eigenvalue weighted by Crippen LogP contribution is 2.23. The van der Waals surface area contributed by atoms with Gasteiger partial charge >= 0.3 is 11.9 Å². The minimum Gasteiger partial charge on any atom is -0.478 e. The molecule has 10 nitrogen and oxygen atoms in total. The molecule has 0 saturated heterocycles. The van der Waals surface area contributed by atoms with Crippen LogP contribution in [0.1, 0.15) is 36.6 Å². The third kappa shape index (κ3) is 4.86. The first-order valence-electron chi connectivity index (χ1n) is 9.93. The second-order valence-corrected chi connectivity index (χ2v) is 7.05. The summed E-state index contributed by atoms with van der Waals surface area (Å²) in [7, 11) is 0. The quantitative estimate of drug-likeness (QED) is 0.287. The van der Waals surface area contributed by atoms with Gasteiger partial charge in [0, 0.05) is 35.3 Å². The number of aromatic carboxylic acids is 2. The summed E-state index contributed by atoms with van der Waals surface area (Å²) in [6, 6.07) is 15.4. The summed E-state index contributed by atoms with van der Waals surface area (Å²) in [5, 5.41) is 26.8. The first kappa shape index (κ1) is 22.1. The van der Waals surface area contributed by atoms with Crippen molar-refractivity contribution in [3.8, 4) is 16.9 Å².